The van der Waals surface area contributed by atoms with Crippen LogP contribution in [0.15, 0.2) is 48.5 Å². The van der Waals surface area contributed by atoms with E-state index in [4.69, 9.17) is 5.73 Å². The zero-order valence-corrected chi connectivity index (χ0v) is 11.8. The number of benzene rings is 2. The third kappa shape index (κ3) is 3.12. The lowest BCUT2D eigenvalue weighted by Gasteiger charge is -2.11. The minimum atomic E-state index is -0.655. The van der Waals surface area contributed by atoms with Gasteiger partial charge in [-0.3, -0.25) is 9.59 Å². The number of anilines is 1. The Morgan fingerprint density at radius 1 is 0.909 bits per heavy atom. The van der Waals surface area contributed by atoms with Crippen molar-refractivity contribution in [1.82, 2.24) is 0 Å². The molecule has 0 unspecified atom stereocenters. The molecule has 0 spiro atoms. The third-order valence-electron chi connectivity index (χ3n) is 3.02. The molecule has 2 rings (SSSR count). The van der Waals surface area contributed by atoms with Crippen LogP contribution in [0.1, 0.15) is 31.1 Å². The number of esters is 1. The number of carbonyl (C=O) groups is 3. The summed E-state index contributed by atoms with van der Waals surface area (Å²) in [6, 6.07) is 12.6. The Hall–Kier alpha value is -3.15. The Labute approximate surface area is 126 Å². The van der Waals surface area contributed by atoms with Crippen molar-refractivity contribution in [2.75, 3.05) is 12.4 Å². The molecule has 0 atom stereocenters. The van der Waals surface area contributed by atoms with Gasteiger partial charge in [0.1, 0.15) is 0 Å². The molecule has 6 heteroatoms. The standard InChI is InChI=1S/C16H14N2O4/c1-22-16(21)11-7-3-2-6-10(11)15(20)18-13-9-5-4-8-12(13)14(17)19/h2-9H,1H3,(H2,17,19)(H,18,20). The fourth-order valence-corrected chi connectivity index (χ4v) is 1.97. The maximum Gasteiger partial charge on any atom is 0.338 e. The Morgan fingerprint density at radius 3 is 2.05 bits per heavy atom. The van der Waals surface area contributed by atoms with Crippen molar-refractivity contribution >= 4 is 23.5 Å². The fraction of sp³-hybridized carbons (Fsp3) is 0.0625. The van der Waals surface area contributed by atoms with Crippen LogP contribution in [0.25, 0.3) is 0 Å². The molecule has 0 saturated carbocycles. The average molecular weight is 298 g/mol. The smallest absolute Gasteiger partial charge is 0.338 e. The zero-order chi connectivity index (χ0) is 16.1. The second kappa shape index (κ2) is 6.53. The highest BCUT2D eigenvalue weighted by Crippen LogP contribution is 2.17. The molecular formula is C16H14N2O4. The molecule has 0 bridgehead atoms. The summed E-state index contributed by atoms with van der Waals surface area (Å²) in [5.74, 6) is -1.80. The summed E-state index contributed by atoms with van der Waals surface area (Å²) in [4.78, 5) is 35.4. The highest BCUT2D eigenvalue weighted by atomic mass is 16.5. The van der Waals surface area contributed by atoms with Gasteiger partial charge < -0.3 is 15.8 Å². The molecule has 0 fully saturated rings. The summed E-state index contributed by atoms with van der Waals surface area (Å²) in [5.41, 5.74) is 6.01. The molecule has 0 aliphatic rings. The van der Waals surface area contributed by atoms with Gasteiger partial charge in [0.15, 0.2) is 0 Å². The van der Waals surface area contributed by atoms with Crippen LogP contribution in [0, 0.1) is 0 Å². The minimum Gasteiger partial charge on any atom is -0.465 e. The largest absolute Gasteiger partial charge is 0.465 e. The lowest BCUT2D eigenvalue weighted by Crippen LogP contribution is -2.20. The van der Waals surface area contributed by atoms with Gasteiger partial charge in [-0.25, -0.2) is 4.79 Å². The number of nitrogens with one attached hydrogen (secondary N) is 1. The van der Waals surface area contributed by atoms with Crippen LogP contribution < -0.4 is 11.1 Å². The van der Waals surface area contributed by atoms with E-state index < -0.39 is 17.8 Å². The van der Waals surface area contributed by atoms with Crippen molar-refractivity contribution in [3.8, 4) is 0 Å². The van der Waals surface area contributed by atoms with Gasteiger partial charge in [0, 0.05) is 0 Å². The van der Waals surface area contributed by atoms with Gasteiger partial charge in [-0.15, -0.1) is 0 Å². The molecule has 0 radical (unpaired) electrons. The van der Waals surface area contributed by atoms with Crippen molar-refractivity contribution in [1.29, 1.82) is 0 Å². The number of amides is 2. The van der Waals surface area contributed by atoms with E-state index in [9.17, 15) is 14.4 Å². The lowest BCUT2D eigenvalue weighted by molar-refractivity contribution is 0.0597. The number of primary amides is 1. The normalized spacial score (nSPS) is 9.86. The monoisotopic (exact) mass is 298 g/mol. The van der Waals surface area contributed by atoms with Crippen molar-refractivity contribution in [3.63, 3.8) is 0 Å². The third-order valence-corrected chi connectivity index (χ3v) is 3.02. The van der Waals surface area contributed by atoms with Gasteiger partial charge in [-0.1, -0.05) is 24.3 Å². The zero-order valence-electron chi connectivity index (χ0n) is 11.8. The van der Waals surface area contributed by atoms with Crippen LogP contribution in [-0.4, -0.2) is 24.9 Å². The Balaban J connectivity index is 2.35. The SMILES string of the molecule is COC(=O)c1ccccc1C(=O)Nc1ccccc1C(N)=O. The quantitative estimate of drug-likeness (QED) is 0.841. The summed E-state index contributed by atoms with van der Waals surface area (Å²) in [6.45, 7) is 0. The summed E-state index contributed by atoms with van der Waals surface area (Å²) in [7, 11) is 1.24. The van der Waals surface area contributed by atoms with Crippen LogP contribution in [0.5, 0.6) is 0 Å². The van der Waals surface area contributed by atoms with Crippen molar-refractivity contribution in [2.24, 2.45) is 5.73 Å². The summed E-state index contributed by atoms with van der Waals surface area (Å²) < 4.78 is 4.65. The van der Waals surface area contributed by atoms with Gasteiger partial charge >= 0.3 is 5.97 Å². The lowest BCUT2D eigenvalue weighted by atomic mass is 10.1. The molecule has 6 nitrogen and oxygen atoms in total. The molecule has 0 aliphatic carbocycles. The van der Waals surface area contributed by atoms with Crippen molar-refractivity contribution in [3.05, 3.63) is 65.2 Å². The van der Waals surface area contributed by atoms with Gasteiger partial charge in [0.25, 0.3) is 11.8 Å². The number of rotatable bonds is 4. The molecule has 0 saturated heterocycles. The van der Waals surface area contributed by atoms with Gasteiger partial charge in [-0.05, 0) is 24.3 Å². The van der Waals surface area contributed by atoms with E-state index in [-0.39, 0.29) is 22.4 Å². The first kappa shape index (κ1) is 15.2. The van der Waals surface area contributed by atoms with E-state index >= 15 is 0 Å². The van der Waals surface area contributed by atoms with Crippen LogP contribution in [0.4, 0.5) is 5.69 Å². The Morgan fingerprint density at radius 2 is 1.45 bits per heavy atom. The molecule has 0 aromatic heterocycles. The maximum atomic E-state index is 12.4. The summed E-state index contributed by atoms with van der Waals surface area (Å²) in [6.07, 6.45) is 0. The summed E-state index contributed by atoms with van der Waals surface area (Å²) in [5, 5.41) is 2.58. The predicted molar refractivity (Wildman–Crippen MR) is 80.7 cm³/mol. The summed E-state index contributed by atoms with van der Waals surface area (Å²) >= 11 is 0. The van der Waals surface area contributed by atoms with E-state index in [2.05, 4.69) is 10.1 Å². The van der Waals surface area contributed by atoms with E-state index in [1.807, 2.05) is 0 Å². The van der Waals surface area contributed by atoms with E-state index in [0.29, 0.717) is 0 Å². The molecule has 2 aromatic rings. The van der Waals surface area contributed by atoms with Crippen molar-refractivity contribution < 1.29 is 19.1 Å². The first-order chi connectivity index (χ1) is 10.5. The molecular weight excluding hydrogens is 284 g/mol. The molecule has 112 valence electrons. The number of nitrogens with two attached hydrogens (primary N) is 1. The topological polar surface area (TPSA) is 98.5 Å². The molecule has 2 amide bonds. The van der Waals surface area contributed by atoms with Crippen molar-refractivity contribution in [2.45, 2.75) is 0 Å². The second-order valence-corrected chi connectivity index (χ2v) is 4.40. The maximum absolute atomic E-state index is 12.4. The van der Waals surface area contributed by atoms with E-state index in [0.717, 1.165) is 0 Å². The highest BCUT2D eigenvalue weighted by Gasteiger charge is 2.18. The molecule has 3 N–H and O–H groups in total. The number of carbonyl (C=O) groups excluding carboxylic acids is 3. The number of ether oxygens (including phenoxy) is 1. The molecule has 0 heterocycles. The van der Waals surface area contributed by atoms with Crippen LogP contribution in [0.2, 0.25) is 0 Å². The minimum absolute atomic E-state index is 0.138. The highest BCUT2D eigenvalue weighted by molar-refractivity contribution is 6.13. The average Bonchev–Trinajstić information content (AvgIpc) is 2.54. The first-order valence-electron chi connectivity index (χ1n) is 6.42. The number of hydrogen-bond acceptors (Lipinski definition) is 4. The van der Waals surface area contributed by atoms with Gasteiger partial charge in [0.05, 0.1) is 29.5 Å². The van der Waals surface area contributed by atoms with E-state index in [1.54, 1.807) is 30.3 Å². The van der Waals surface area contributed by atoms with Crippen LogP contribution >= 0.6 is 0 Å². The van der Waals surface area contributed by atoms with Gasteiger partial charge in [0.2, 0.25) is 0 Å². The second-order valence-electron chi connectivity index (χ2n) is 4.40. The van der Waals surface area contributed by atoms with Crippen LogP contribution in [-0.2, 0) is 4.74 Å². The Kier molecular flexibility index (Phi) is 4.53. The van der Waals surface area contributed by atoms with Gasteiger partial charge in [-0.2, -0.15) is 0 Å². The Bertz CT molecular complexity index is 740. The molecule has 22 heavy (non-hydrogen) atoms. The number of para-hydroxylation sites is 1. The first-order valence-corrected chi connectivity index (χ1v) is 6.42. The fourth-order valence-electron chi connectivity index (χ4n) is 1.97. The number of methoxy groups -OCH3 is 1. The van der Waals surface area contributed by atoms with E-state index in [1.165, 1.54) is 25.3 Å². The predicted octanol–water partition coefficient (Wildman–Crippen LogP) is 1.82. The molecule has 0 aliphatic heterocycles. The molecule has 2 aromatic carbocycles. The number of hydrogen-bond donors (Lipinski definition) is 2. The van der Waals surface area contributed by atoms with Crippen LogP contribution in [0.3, 0.4) is 0 Å².